The lowest BCUT2D eigenvalue weighted by Crippen LogP contribution is -2.32. The van der Waals surface area contributed by atoms with Gasteiger partial charge in [-0.3, -0.25) is 14.7 Å². The van der Waals surface area contributed by atoms with Gasteiger partial charge in [0.05, 0.1) is 12.4 Å². The number of aromatic nitrogens is 3. The topological polar surface area (TPSA) is 86.1 Å². The van der Waals surface area contributed by atoms with Gasteiger partial charge in [-0.1, -0.05) is 76.1 Å². The summed E-state index contributed by atoms with van der Waals surface area (Å²) < 4.78 is 6.95. The van der Waals surface area contributed by atoms with Crippen molar-refractivity contribution in [1.82, 2.24) is 20.1 Å². The lowest BCUT2D eigenvalue weighted by Gasteiger charge is -2.26. The van der Waals surface area contributed by atoms with Crippen molar-refractivity contribution in [3.05, 3.63) is 29.8 Å². The Kier molecular flexibility index (Phi) is 7.75. The first-order chi connectivity index (χ1) is 14.8. The number of thioether (sulfide) groups is 1. The minimum atomic E-state index is -0.721. The maximum atomic E-state index is 12.1. The predicted octanol–water partition coefficient (Wildman–Crippen LogP) is 5.11. The molecular weight excluding hydrogens is 412 g/mol. The van der Waals surface area contributed by atoms with Gasteiger partial charge in [0.25, 0.3) is 0 Å². The average Bonchev–Trinajstić information content (AvgIpc) is 3.16. The molecule has 1 aromatic heterocycles. The molecule has 1 aliphatic carbocycles. The molecule has 0 bridgehead atoms. The largest absolute Gasteiger partial charge is 0.450 e. The van der Waals surface area contributed by atoms with Gasteiger partial charge in [-0.25, -0.2) is 4.79 Å². The van der Waals surface area contributed by atoms with Crippen LogP contribution in [0.1, 0.15) is 71.4 Å². The highest BCUT2D eigenvalue weighted by molar-refractivity contribution is 7.99. The molecule has 2 aromatic rings. The summed E-state index contributed by atoms with van der Waals surface area (Å²) in [4.78, 5) is 23.6. The zero-order chi connectivity index (χ0) is 22.4. The number of ether oxygens (including phenoxy) is 1. The Balaban J connectivity index is 1.82. The fraction of sp³-hybridized carbons (Fsp3) is 0.565. The first kappa shape index (κ1) is 23.3. The van der Waals surface area contributed by atoms with E-state index in [1.54, 1.807) is 6.92 Å². The number of amides is 2. The molecule has 2 amide bonds. The molecule has 0 atom stereocenters. The van der Waals surface area contributed by atoms with Crippen LogP contribution in [0.2, 0.25) is 0 Å². The van der Waals surface area contributed by atoms with Crippen molar-refractivity contribution in [3.8, 4) is 11.4 Å². The summed E-state index contributed by atoms with van der Waals surface area (Å²) >= 11 is 1.30. The number of hydrogen-bond donors (Lipinski definition) is 1. The number of nitrogens with zero attached hydrogens (tertiary/aromatic N) is 3. The molecule has 0 spiro atoms. The Labute approximate surface area is 188 Å². The summed E-state index contributed by atoms with van der Waals surface area (Å²) in [5, 5.41) is 11.8. The van der Waals surface area contributed by atoms with Gasteiger partial charge in [0.2, 0.25) is 5.91 Å². The third kappa shape index (κ3) is 6.09. The number of alkyl carbamates (subject to hydrolysis) is 1. The molecule has 1 fully saturated rings. The van der Waals surface area contributed by atoms with Gasteiger partial charge in [0.1, 0.15) is 0 Å². The third-order valence-electron chi connectivity index (χ3n) is 5.46. The van der Waals surface area contributed by atoms with E-state index in [0.29, 0.717) is 11.2 Å². The molecule has 1 aromatic carbocycles. The maximum absolute atomic E-state index is 12.1. The second-order valence-corrected chi connectivity index (χ2v) is 9.80. The van der Waals surface area contributed by atoms with Crippen LogP contribution in [0.15, 0.2) is 29.4 Å². The summed E-state index contributed by atoms with van der Waals surface area (Å²) in [5.41, 5.74) is 2.38. The van der Waals surface area contributed by atoms with E-state index < -0.39 is 12.0 Å². The van der Waals surface area contributed by atoms with E-state index in [-0.39, 0.29) is 17.8 Å². The summed E-state index contributed by atoms with van der Waals surface area (Å²) in [6, 6.07) is 8.82. The van der Waals surface area contributed by atoms with Crippen molar-refractivity contribution in [2.24, 2.45) is 0 Å². The Morgan fingerprint density at radius 2 is 1.81 bits per heavy atom. The molecule has 7 nitrogen and oxygen atoms in total. The highest BCUT2D eigenvalue weighted by atomic mass is 32.2. The number of hydrogen-bond acceptors (Lipinski definition) is 6. The number of rotatable bonds is 6. The third-order valence-corrected chi connectivity index (χ3v) is 6.41. The van der Waals surface area contributed by atoms with Crippen molar-refractivity contribution in [1.29, 1.82) is 0 Å². The molecule has 0 radical (unpaired) electrons. The van der Waals surface area contributed by atoms with E-state index in [1.165, 1.54) is 36.6 Å². The van der Waals surface area contributed by atoms with Crippen molar-refractivity contribution in [3.63, 3.8) is 0 Å². The number of carbonyl (C=O) groups excluding carboxylic acids is 2. The van der Waals surface area contributed by atoms with E-state index in [4.69, 9.17) is 4.74 Å². The SMILES string of the molecule is CCOC(=O)NC(=O)CSc1nnc(-c2ccc(C(C)(C)C)cc2)n1C1CCCCC1. The Bertz CT molecular complexity index is 897. The zero-order valence-corrected chi connectivity index (χ0v) is 19.6. The minimum Gasteiger partial charge on any atom is -0.450 e. The molecule has 1 heterocycles. The van der Waals surface area contributed by atoms with Gasteiger partial charge in [-0.05, 0) is 30.7 Å². The summed E-state index contributed by atoms with van der Waals surface area (Å²) in [5.74, 6) is 0.505. The van der Waals surface area contributed by atoms with E-state index >= 15 is 0 Å². The van der Waals surface area contributed by atoms with Crippen LogP contribution in [0.4, 0.5) is 4.79 Å². The first-order valence-corrected chi connectivity index (χ1v) is 11.9. The van der Waals surface area contributed by atoms with E-state index in [1.807, 2.05) is 0 Å². The molecule has 0 aliphatic heterocycles. The molecule has 1 N–H and O–H groups in total. The second kappa shape index (κ2) is 10.3. The molecule has 0 saturated heterocycles. The van der Waals surface area contributed by atoms with Crippen molar-refractivity contribution >= 4 is 23.8 Å². The molecular formula is C23H32N4O3S. The van der Waals surface area contributed by atoms with Crippen LogP contribution in [0.3, 0.4) is 0 Å². The number of carbonyl (C=O) groups is 2. The molecule has 0 unspecified atom stereocenters. The van der Waals surface area contributed by atoms with E-state index in [0.717, 1.165) is 24.2 Å². The highest BCUT2D eigenvalue weighted by Crippen LogP contribution is 2.36. The fourth-order valence-corrected chi connectivity index (χ4v) is 4.61. The Hall–Kier alpha value is -2.35. The van der Waals surface area contributed by atoms with Crippen molar-refractivity contribution < 1.29 is 14.3 Å². The zero-order valence-electron chi connectivity index (χ0n) is 18.8. The highest BCUT2D eigenvalue weighted by Gasteiger charge is 2.25. The summed E-state index contributed by atoms with van der Waals surface area (Å²) in [6.45, 7) is 8.51. The summed E-state index contributed by atoms with van der Waals surface area (Å²) in [6.07, 6.45) is 5.04. The van der Waals surface area contributed by atoms with E-state index in [9.17, 15) is 9.59 Å². The van der Waals surface area contributed by atoms with Crippen LogP contribution in [-0.2, 0) is 14.9 Å². The maximum Gasteiger partial charge on any atom is 0.413 e. The standard InChI is InChI=1S/C23H32N4O3S/c1-5-30-22(29)24-19(28)15-31-21-26-25-20(27(21)18-9-7-6-8-10-18)16-11-13-17(14-12-16)23(2,3)4/h11-14,18H,5-10,15H2,1-4H3,(H,24,28,29). The molecule has 1 aliphatic rings. The second-order valence-electron chi connectivity index (χ2n) is 8.85. The van der Waals surface area contributed by atoms with Gasteiger partial charge in [0, 0.05) is 11.6 Å². The Morgan fingerprint density at radius 1 is 1.13 bits per heavy atom. The molecule has 31 heavy (non-hydrogen) atoms. The van der Waals surface area contributed by atoms with Gasteiger partial charge >= 0.3 is 6.09 Å². The molecule has 1 saturated carbocycles. The first-order valence-electron chi connectivity index (χ1n) is 10.9. The normalized spacial score (nSPS) is 15.0. The number of nitrogens with one attached hydrogen (secondary N) is 1. The molecule has 8 heteroatoms. The quantitative estimate of drug-likeness (QED) is 0.623. The van der Waals surface area contributed by atoms with Gasteiger partial charge in [0.15, 0.2) is 11.0 Å². The van der Waals surface area contributed by atoms with Crippen LogP contribution in [0.5, 0.6) is 0 Å². The van der Waals surface area contributed by atoms with Gasteiger partial charge < -0.3 is 4.74 Å². The van der Waals surface area contributed by atoms with Crippen LogP contribution in [-0.4, -0.2) is 39.1 Å². The smallest absolute Gasteiger partial charge is 0.413 e. The van der Waals surface area contributed by atoms with Crippen molar-refractivity contribution in [2.45, 2.75) is 76.4 Å². The molecule has 3 rings (SSSR count). The van der Waals surface area contributed by atoms with Crippen LogP contribution in [0, 0.1) is 0 Å². The van der Waals surface area contributed by atoms with Gasteiger partial charge in [-0.2, -0.15) is 0 Å². The average molecular weight is 445 g/mol. The Morgan fingerprint density at radius 3 is 2.42 bits per heavy atom. The van der Waals surface area contributed by atoms with Crippen LogP contribution in [0.25, 0.3) is 11.4 Å². The van der Waals surface area contributed by atoms with Crippen LogP contribution >= 0.6 is 11.8 Å². The fourth-order valence-electron chi connectivity index (χ4n) is 3.81. The number of imide groups is 1. The van der Waals surface area contributed by atoms with Gasteiger partial charge in [-0.15, -0.1) is 10.2 Å². The monoisotopic (exact) mass is 444 g/mol. The lowest BCUT2D eigenvalue weighted by molar-refractivity contribution is -0.117. The van der Waals surface area contributed by atoms with Crippen LogP contribution < -0.4 is 5.32 Å². The van der Waals surface area contributed by atoms with Crippen molar-refractivity contribution in [2.75, 3.05) is 12.4 Å². The molecule has 168 valence electrons. The lowest BCUT2D eigenvalue weighted by atomic mass is 9.86. The predicted molar refractivity (Wildman–Crippen MR) is 122 cm³/mol. The number of benzene rings is 1. The summed E-state index contributed by atoms with van der Waals surface area (Å²) in [7, 11) is 0. The minimum absolute atomic E-state index is 0.0760. The van der Waals surface area contributed by atoms with E-state index in [2.05, 4.69) is 65.1 Å².